The average molecular weight is 510 g/mol. The molecule has 4 rings (SSSR count). The smallest absolute Gasteiger partial charge is 0.167 e. The molecule has 2 aromatic heterocycles. The minimum atomic E-state index is -1.98. The van der Waals surface area contributed by atoms with Crippen LogP contribution in [0.5, 0.6) is 0 Å². The van der Waals surface area contributed by atoms with Crippen LogP contribution in [0.2, 0.25) is 19.6 Å². The number of benzene rings is 2. The average Bonchev–Trinajstić information content (AvgIpc) is 3.22. The lowest BCUT2D eigenvalue weighted by molar-refractivity contribution is 0.459. The molecule has 0 aliphatic heterocycles. The van der Waals surface area contributed by atoms with Crippen molar-refractivity contribution in [3.63, 3.8) is 0 Å². The zero-order chi connectivity index (χ0) is 25.4. The van der Waals surface area contributed by atoms with Gasteiger partial charge in [-0.25, -0.2) is 4.39 Å². The predicted octanol–water partition coefficient (Wildman–Crippen LogP) is 5.91. The summed E-state index contributed by atoms with van der Waals surface area (Å²) in [5, 5.41) is 5.83. The van der Waals surface area contributed by atoms with Gasteiger partial charge >= 0.3 is 0 Å². The number of aromatic nitrogens is 2. The lowest BCUT2D eigenvalue weighted by Crippen LogP contribution is -2.44. The number of rotatable bonds is 7. The van der Waals surface area contributed by atoms with E-state index in [0.29, 0.717) is 17.3 Å². The normalized spacial score (nSPS) is 14.3. The molecule has 0 spiro atoms. The van der Waals surface area contributed by atoms with Crippen molar-refractivity contribution in [1.29, 1.82) is 0 Å². The summed E-state index contributed by atoms with van der Waals surface area (Å²) in [6.45, 7) is 12.0. The van der Waals surface area contributed by atoms with Gasteiger partial charge in [-0.3, -0.25) is 4.98 Å². The standard InChI is InChI=1S/C27H32FN3O2SSi/c1-27(2,3)34(32)31-23(17-18-15-16-22(28)26(29-18)35(4,5)6)19-11-7-8-12-20(19)25-21-13-9-10-14-24(21)33-30-25/h7-16,23,31H,17H2,1-6H3/t23-,34?/m0/s1. The van der Waals surface area contributed by atoms with E-state index < -0.39 is 24.2 Å². The SMILES string of the molecule is CC(C)(C)[S+]([O-])N[C@@H](Cc1ccc(F)c([Si](C)(C)C)n1)c1ccccc1-c1noc2ccccc12. The number of nitrogens with zero attached hydrogens (tertiary/aromatic N) is 2. The molecule has 184 valence electrons. The number of hydrogen-bond donors (Lipinski definition) is 1. The fourth-order valence-electron chi connectivity index (χ4n) is 3.95. The zero-order valence-electron chi connectivity index (χ0n) is 21.1. The molecule has 1 N–H and O–H groups in total. The Hall–Kier alpha value is -2.52. The van der Waals surface area contributed by atoms with Crippen LogP contribution in [0.15, 0.2) is 65.2 Å². The number of fused-ring (bicyclic) bond motifs is 1. The van der Waals surface area contributed by atoms with Crippen LogP contribution in [0.3, 0.4) is 0 Å². The first-order chi connectivity index (χ1) is 16.4. The van der Waals surface area contributed by atoms with Crippen LogP contribution in [0, 0.1) is 5.82 Å². The zero-order valence-corrected chi connectivity index (χ0v) is 22.9. The fraction of sp³-hybridized carbons (Fsp3) is 0.333. The molecule has 0 radical (unpaired) electrons. The Balaban J connectivity index is 1.81. The fourth-order valence-corrected chi connectivity index (χ4v) is 6.05. The largest absolute Gasteiger partial charge is 0.598 e. The Bertz CT molecular complexity index is 1330. The maximum Gasteiger partial charge on any atom is 0.167 e. The second kappa shape index (κ2) is 9.85. The number of halogens is 1. The van der Waals surface area contributed by atoms with Crippen molar-refractivity contribution in [2.24, 2.45) is 0 Å². The van der Waals surface area contributed by atoms with E-state index in [1.54, 1.807) is 6.07 Å². The van der Waals surface area contributed by atoms with Gasteiger partial charge in [0.2, 0.25) is 0 Å². The monoisotopic (exact) mass is 509 g/mol. The Morgan fingerprint density at radius 3 is 2.43 bits per heavy atom. The molecule has 0 fully saturated rings. The van der Waals surface area contributed by atoms with Crippen LogP contribution in [0.4, 0.5) is 4.39 Å². The minimum Gasteiger partial charge on any atom is -0.598 e. The molecule has 2 atom stereocenters. The first-order valence-corrected chi connectivity index (χ1v) is 16.4. The molecule has 1 unspecified atom stereocenters. The van der Waals surface area contributed by atoms with Crippen molar-refractivity contribution < 1.29 is 13.5 Å². The molecule has 0 aliphatic rings. The molecule has 8 heteroatoms. The van der Waals surface area contributed by atoms with E-state index in [1.807, 2.05) is 69.3 Å². The second-order valence-corrected chi connectivity index (χ2v) is 17.7. The third-order valence-electron chi connectivity index (χ3n) is 5.80. The number of pyridine rings is 1. The van der Waals surface area contributed by atoms with Crippen molar-refractivity contribution in [3.05, 3.63) is 77.7 Å². The first-order valence-electron chi connectivity index (χ1n) is 11.7. The van der Waals surface area contributed by atoms with Gasteiger partial charge in [0.05, 0.1) is 11.4 Å². The summed E-state index contributed by atoms with van der Waals surface area (Å²) >= 11 is -1.34. The second-order valence-electron chi connectivity index (χ2n) is 10.8. The highest BCUT2D eigenvalue weighted by atomic mass is 32.2. The van der Waals surface area contributed by atoms with Crippen molar-refractivity contribution in [3.8, 4) is 11.3 Å². The highest BCUT2D eigenvalue weighted by molar-refractivity contribution is 7.90. The van der Waals surface area contributed by atoms with Gasteiger partial charge in [-0.1, -0.05) is 61.2 Å². The summed E-state index contributed by atoms with van der Waals surface area (Å²) in [4.78, 5) is 4.73. The van der Waals surface area contributed by atoms with E-state index in [-0.39, 0.29) is 11.9 Å². The number of nitrogens with one attached hydrogen (secondary N) is 1. The van der Waals surface area contributed by atoms with Crippen molar-refractivity contribution in [2.45, 2.75) is 57.6 Å². The van der Waals surface area contributed by atoms with Gasteiger partial charge in [0.15, 0.2) is 5.58 Å². The van der Waals surface area contributed by atoms with Gasteiger partial charge in [-0.15, -0.1) is 4.72 Å². The highest BCUT2D eigenvalue weighted by Gasteiger charge is 2.32. The van der Waals surface area contributed by atoms with Crippen LogP contribution in [0.25, 0.3) is 22.2 Å². The van der Waals surface area contributed by atoms with Crippen LogP contribution in [-0.4, -0.2) is 27.5 Å². The van der Waals surface area contributed by atoms with Gasteiger partial charge in [0, 0.05) is 34.4 Å². The molecule has 4 aromatic rings. The van der Waals surface area contributed by atoms with Crippen molar-refractivity contribution >= 4 is 35.7 Å². The summed E-state index contributed by atoms with van der Waals surface area (Å²) in [5.74, 6) is -0.259. The molecular weight excluding hydrogens is 477 g/mol. The maximum atomic E-state index is 14.6. The van der Waals surface area contributed by atoms with Crippen LogP contribution in [0.1, 0.15) is 38.1 Å². The molecule has 0 amide bonds. The first kappa shape index (κ1) is 25.6. The van der Waals surface area contributed by atoms with Crippen LogP contribution >= 0.6 is 0 Å². The van der Waals surface area contributed by atoms with Gasteiger partial charge in [-0.2, -0.15) is 0 Å². The lowest BCUT2D eigenvalue weighted by atomic mass is 9.94. The van der Waals surface area contributed by atoms with E-state index in [9.17, 15) is 8.94 Å². The Morgan fingerprint density at radius 1 is 1.03 bits per heavy atom. The summed E-state index contributed by atoms with van der Waals surface area (Å²) in [5.41, 5.74) is 4.03. The Kier molecular flexibility index (Phi) is 7.20. The quantitative estimate of drug-likeness (QED) is 0.248. The summed E-state index contributed by atoms with van der Waals surface area (Å²) in [7, 11) is -1.98. The molecule has 0 bridgehead atoms. The molecule has 0 saturated carbocycles. The minimum absolute atomic E-state index is 0.259. The van der Waals surface area contributed by atoms with E-state index in [2.05, 4.69) is 29.5 Å². The molecule has 35 heavy (non-hydrogen) atoms. The summed E-state index contributed by atoms with van der Waals surface area (Å²) in [6.07, 6.45) is 0.451. The molecule has 2 heterocycles. The molecule has 2 aromatic carbocycles. The molecule has 5 nitrogen and oxygen atoms in total. The van der Waals surface area contributed by atoms with E-state index in [1.165, 1.54) is 6.07 Å². The van der Waals surface area contributed by atoms with Crippen LogP contribution < -0.4 is 10.0 Å². The Labute approximate surface area is 210 Å². The predicted molar refractivity (Wildman–Crippen MR) is 144 cm³/mol. The lowest BCUT2D eigenvalue weighted by Gasteiger charge is -2.29. The third-order valence-corrected chi connectivity index (χ3v) is 9.18. The van der Waals surface area contributed by atoms with E-state index in [4.69, 9.17) is 9.51 Å². The molecular formula is C27H32FN3O2SSi. The topological polar surface area (TPSA) is 74.0 Å². The van der Waals surface area contributed by atoms with Gasteiger partial charge < -0.3 is 9.08 Å². The molecule has 0 saturated heterocycles. The number of hydrogen-bond acceptors (Lipinski definition) is 5. The van der Waals surface area contributed by atoms with Gasteiger partial charge in [0.1, 0.15) is 24.3 Å². The van der Waals surface area contributed by atoms with Gasteiger partial charge in [0.25, 0.3) is 0 Å². The van der Waals surface area contributed by atoms with E-state index in [0.717, 1.165) is 27.9 Å². The van der Waals surface area contributed by atoms with E-state index >= 15 is 0 Å². The highest BCUT2D eigenvalue weighted by Crippen LogP contribution is 2.35. The number of para-hydroxylation sites is 1. The van der Waals surface area contributed by atoms with Crippen molar-refractivity contribution in [2.75, 3.05) is 0 Å². The Morgan fingerprint density at radius 2 is 1.71 bits per heavy atom. The van der Waals surface area contributed by atoms with Crippen molar-refractivity contribution in [1.82, 2.24) is 14.9 Å². The third kappa shape index (κ3) is 5.67. The molecule has 0 aliphatic carbocycles. The van der Waals surface area contributed by atoms with Crippen LogP contribution in [-0.2, 0) is 17.8 Å². The summed E-state index contributed by atoms with van der Waals surface area (Å²) in [6, 6.07) is 18.6. The van der Waals surface area contributed by atoms with Gasteiger partial charge in [-0.05, 0) is 50.6 Å². The maximum absolute atomic E-state index is 14.6. The summed E-state index contributed by atoms with van der Waals surface area (Å²) < 4.78 is 36.3.